The van der Waals surface area contributed by atoms with Crippen molar-refractivity contribution in [2.24, 2.45) is 0 Å². The van der Waals surface area contributed by atoms with Gasteiger partial charge in [0.2, 0.25) is 0 Å². The van der Waals surface area contributed by atoms with Gasteiger partial charge >= 0.3 is 5.97 Å². The molecule has 1 aliphatic rings. The van der Waals surface area contributed by atoms with E-state index in [0.29, 0.717) is 22.1 Å². The van der Waals surface area contributed by atoms with Crippen LogP contribution in [0.15, 0.2) is 34.8 Å². The van der Waals surface area contributed by atoms with Gasteiger partial charge in [0.05, 0.1) is 29.3 Å². The molecule has 6 heteroatoms. The number of cyclic esters (lactones) is 1. The SMILES string of the molecule is COc1cc(C2OC(=O)c3c(Cl)cccc32)cc(Br)c1OC. The number of carbonyl (C=O) groups excluding carboxylic acids is 1. The Morgan fingerprint density at radius 2 is 2.00 bits per heavy atom. The second-order valence-electron chi connectivity index (χ2n) is 4.73. The number of benzene rings is 2. The predicted molar refractivity (Wildman–Crippen MR) is 86.0 cm³/mol. The largest absolute Gasteiger partial charge is 0.493 e. The molecule has 2 aromatic rings. The van der Waals surface area contributed by atoms with E-state index < -0.39 is 12.1 Å². The number of ether oxygens (including phenoxy) is 3. The first-order valence-corrected chi connectivity index (χ1v) is 7.64. The predicted octanol–water partition coefficient (Wildman–Crippen LogP) is 4.38. The average Bonchev–Trinajstić information content (AvgIpc) is 2.85. The van der Waals surface area contributed by atoms with E-state index in [0.717, 1.165) is 15.6 Å². The molecule has 0 N–H and O–H groups in total. The summed E-state index contributed by atoms with van der Waals surface area (Å²) in [5.41, 5.74) is 1.94. The molecular formula is C16H12BrClO4. The Kier molecular flexibility index (Phi) is 4.02. The van der Waals surface area contributed by atoms with Crippen LogP contribution >= 0.6 is 27.5 Å². The fourth-order valence-corrected chi connectivity index (χ4v) is 3.42. The molecule has 1 atom stereocenters. The zero-order valence-electron chi connectivity index (χ0n) is 11.9. The van der Waals surface area contributed by atoms with Gasteiger partial charge in [-0.05, 0) is 34.1 Å². The molecule has 22 heavy (non-hydrogen) atoms. The lowest BCUT2D eigenvalue weighted by molar-refractivity contribution is 0.0455. The fourth-order valence-electron chi connectivity index (χ4n) is 2.54. The monoisotopic (exact) mass is 382 g/mol. The first-order valence-electron chi connectivity index (χ1n) is 6.47. The maximum Gasteiger partial charge on any atom is 0.341 e. The van der Waals surface area contributed by atoms with E-state index in [9.17, 15) is 4.79 Å². The van der Waals surface area contributed by atoms with Crippen LogP contribution in [0, 0.1) is 0 Å². The number of carbonyl (C=O) groups is 1. The summed E-state index contributed by atoms with van der Waals surface area (Å²) in [4.78, 5) is 12.1. The zero-order chi connectivity index (χ0) is 15.9. The van der Waals surface area contributed by atoms with Gasteiger partial charge in [0.1, 0.15) is 0 Å². The van der Waals surface area contributed by atoms with Gasteiger partial charge < -0.3 is 14.2 Å². The Bertz CT molecular complexity index is 760. The summed E-state index contributed by atoms with van der Waals surface area (Å²) in [5, 5.41) is 0.393. The highest BCUT2D eigenvalue weighted by Gasteiger charge is 2.34. The summed E-state index contributed by atoms with van der Waals surface area (Å²) in [7, 11) is 3.12. The first kappa shape index (κ1) is 15.2. The topological polar surface area (TPSA) is 44.8 Å². The molecule has 1 aliphatic heterocycles. The minimum absolute atomic E-state index is 0.393. The Morgan fingerprint density at radius 3 is 2.68 bits per heavy atom. The van der Waals surface area contributed by atoms with Gasteiger partial charge in [0.15, 0.2) is 17.6 Å². The van der Waals surface area contributed by atoms with Crippen LogP contribution < -0.4 is 9.47 Å². The average molecular weight is 384 g/mol. The lowest BCUT2D eigenvalue weighted by Crippen LogP contribution is -2.02. The normalized spacial score (nSPS) is 16.2. The van der Waals surface area contributed by atoms with Crippen LogP contribution in [-0.4, -0.2) is 20.2 Å². The first-order chi connectivity index (χ1) is 10.6. The number of fused-ring (bicyclic) bond motifs is 1. The van der Waals surface area contributed by atoms with E-state index >= 15 is 0 Å². The lowest BCUT2D eigenvalue weighted by Gasteiger charge is -2.16. The van der Waals surface area contributed by atoms with Crippen molar-refractivity contribution in [1.29, 1.82) is 0 Å². The van der Waals surface area contributed by atoms with Crippen molar-refractivity contribution in [2.75, 3.05) is 14.2 Å². The Labute approximate surface area is 141 Å². The molecular weight excluding hydrogens is 372 g/mol. The summed E-state index contributed by atoms with van der Waals surface area (Å²) < 4.78 is 16.8. The van der Waals surface area contributed by atoms with Gasteiger partial charge in [-0.15, -0.1) is 0 Å². The highest BCUT2D eigenvalue weighted by molar-refractivity contribution is 9.10. The molecule has 4 nitrogen and oxygen atoms in total. The Hall–Kier alpha value is -1.72. The zero-order valence-corrected chi connectivity index (χ0v) is 14.2. The highest BCUT2D eigenvalue weighted by atomic mass is 79.9. The molecule has 0 fully saturated rings. The van der Waals surface area contributed by atoms with E-state index in [1.54, 1.807) is 32.4 Å². The quantitative estimate of drug-likeness (QED) is 0.738. The van der Waals surface area contributed by atoms with E-state index in [1.165, 1.54) is 0 Å². The van der Waals surface area contributed by atoms with Gasteiger partial charge in [-0.3, -0.25) is 0 Å². The third-order valence-corrected chi connectivity index (χ3v) is 4.42. The molecule has 1 unspecified atom stereocenters. The second kappa shape index (κ2) is 5.82. The molecule has 0 aromatic heterocycles. The number of esters is 1. The van der Waals surface area contributed by atoms with Crippen molar-refractivity contribution in [3.8, 4) is 11.5 Å². The van der Waals surface area contributed by atoms with Crippen molar-refractivity contribution in [2.45, 2.75) is 6.10 Å². The molecule has 0 bridgehead atoms. The minimum atomic E-state index is -0.516. The molecule has 0 aliphatic carbocycles. The molecule has 0 radical (unpaired) electrons. The van der Waals surface area contributed by atoms with Crippen LogP contribution in [0.1, 0.15) is 27.6 Å². The van der Waals surface area contributed by atoms with Gasteiger partial charge in [0.25, 0.3) is 0 Å². The van der Waals surface area contributed by atoms with Crippen molar-refractivity contribution in [3.63, 3.8) is 0 Å². The third kappa shape index (κ3) is 2.34. The molecule has 114 valence electrons. The number of hydrogen-bond acceptors (Lipinski definition) is 4. The summed E-state index contributed by atoms with van der Waals surface area (Å²) in [6.07, 6.45) is -0.516. The third-order valence-electron chi connectivity index (χ3n) is 3.52. The van der Waals surface area contributed by atoms with E-state index in [-0.39, 0.29) is 0 Å². The summed E-state index contributed by atoms with van der Waals surface area (Å²) in [6.45, 7) is 0. The summed E-state index contributed by atoms with van der Waals surface area (Å²) >= 11 is 9.54. The molecule has 2 aromatic carbocycles. The lowest BCUT2D eigenvalue weighted by atomic mass is 9.99. The van der Waals surface area contributed by atoms with E-state index in [4.69, 9.17) is 25.8 Å². The van der Waals surface area contributed by atoms with Crippen LogP contribution in [0.3, 0.4) is 0 Å². The smallest absolute Gasteiger partial charge is 0.341 e. The van der Waals surface area contributed by atoms with Crippen molar-refractivity contribution in [3.05, 3.63) is 56.5 Å². The van der Waals surface area contributed by atoms with Crippen LogP contribution in [-0.2, 0) is 4.74 Å². The maximum absolute atomic E-state index is 12.1. The molecule has 1 heterocycles. The summed E-state index contributed by atoms with van der Waals surface area (Å²) in [6, 6.07) is 8.94. The number of rotatable bonds is 3. The van der Waals surface area contributed by atoms with Crippen molar-refractivity contribution in [1.82, 2.24) is 0 Å². The van der Waals surface area contributed by atoms with Crippen LogP contribution in [0.5, 0.6) is 11.5 Å². The molecule has 0 spiro atoms. The van der Waals surface area contributed by atoms with Crippen molar-refractivity contribution < 1.29 is 19.0 Å². The highest BCUT2D eigenvalue weighted by Crippen LogP contribution is 2.44. The van der Waals surface area contributed by atoms with Crippen LogP contribution in [0.25, 0.3) is 0 Å². The summed E-state index contributed by atoms with van der Waals surface area (Å²) in [5.74, 6) is 0.719. The number of hydrogen-bond donors (Lipinski definition) is 0. The van der Waals surface area contributed by atoms with Gasteiger partial charge in [0, 0.05) is 11.1 Å². The number of halogens is 2. The van der Waals surface area contributed by atoms with Gasteiger partial charge in [-0.2, -0.15) is 0 Å². The number of methoxy groups -OCH3 is 2. The molecule has 3 rings (SSSR count). The van der Waals surface area contributed by atoms with E-state index in [2.05, 4.69) is 15.9 Å². The fraction of sp³-hybridized carbons (Fsp3) is 0.188. The van der Waals surface area contributed by atoms with Crippen LogP contribution in [0.2, 0.25) is 5.02 Å². The van der Waals surface area contributed by atoms with E-state index in [1.807, 2.05) is 12.1 Å². The molecule has 0 saturated carbocycles. The Balaban J connectivity index is 2.13. The van der Waals surface area contributed by atoms with Crippen LogP contribution in [0.4, 0.5) is 0 Å². The Morgan fingerprint density at radius 1 is 1.23 bits per heavy atom. The van der Waals surface area contributed by atoms with Gasteiger partial charge in [-0.1, -0.05) is 23.7 Å². The molecule has 0 amide bonds. The minimum Gasteiger partial charge on any atom is -0.493 e. The standard InChI is InChI=1S/C16H12BrClO4/c1-20-12-7-8(6-10(17)15(12)21-2)14-9-4-3-5-11(18)13(9)16(19)22-14/h3-7,14H,1-2H3. The second-order valence-corrected chi connectivity index (χ2v) is 5.99. The molecule has 0 saturated heterocycles. The van der Waals surface area contributed by atoms with Crippen molar-refractivity contribution >= 4 is 33.5 Å². The van der Waals surface area contributed by atoms with Gasteiger partial charge in [-0.25, -0.2) is 4.79 Å². The maximum atomic E-state index is 12.1.